The van der Waals surface area contributed by atoms with Gasteiger partial charge in [-0.05, 0) is 76.5 Å². The third-order valence-electron chi connectivity index (χ3n) is 19.5. The highest BCUT2D eigenvalue weighted by Crippen LogP contribution is 2.63. The van der Waals surface area contributed by atoms with Crippen molar-refractivity contribution in [1.82, 2.24) is 10.2 Å². The SMILES string of the molecule is COC(=O)CC[C@@H]1/C2=C(\C)C3=N[C@H]([C@H](CC(=O)OC)[C@@]3(C)CCC(=O)OC)[C@]3(C)N=C(/C(C)=C4\N/C(=C\C(=N2)C1(C)C)[C@@H](CCC(=O)OC)[C@]4(C)CC(=O)N(CCC[Si](O)(O)OC)CCC[Si](O)(O)OC)[C@@H](CCC(=O)OC)[C@]3(C)CC(=O)OC. The summed E-state index contributed by atoms with van der Waals surface area (Å²) in [4.78, 5) is 158. The fourth-order valence-corrected chi connectivity index (χ4v) is 15.6. The highest BCUT2D eigenvalue weighted by atomic mass is 28.4. The van der Waals surface area contributed by atoms with Crippen LogP contribution in [-0.4, -0.2) is 182 Å². The van der Waals surface area contributed by atoms with Crippen molar-refractivity contribution in [2.24, 2.45) is 60.3 Å². The summed E-state index contributed by atoms with van der Waals surface area (Å²) in [7, 11) is 1.93. The van der Waals surface area contributed by atoms with Crippen molar-refractivity contribution in [1.29, 1.82) is 0 Å². The van der Waals surface area contributed by atoms with Crippen LogP contribution in [0, 0.1) is 45.3 Å². The van der Waals surface area contributed by atoms with Crippen LogP contribution in [0.4, 0.5) is 0 Å². The Labute approximate surface area is 502 Å². The lowest BCUT2D eigenvalue weighted by Crippen LogP contribution is -2.55. The Balaban J connectivity index is 2.01. The van der Waals surface area contributed by atoms with E-state index >= 15 is 4.79 Å². The van der Waals surface area contributed by atoms with Crippen molar-refractivity contribution in [3.63, 3.8) is 0 Å². The molecule has 1 amide bonds. The predicted molar refractivity (Wildman–Crippen MR) is 316 cm³/mol. The van der Waals surface area contributed by atoms with Crippen LogP contribution in [-0.2, 0) is 70.8 Å². The average Bonchev–Trinajstić information content (AvgIpc) is 1.55. The summed E-state index contributed by atoms with van der Waals surface area (Å²) in [6.07, 6.45) is 1.73. The third kappa shape index (κ3) is 14.9. The number of amides is 1. The number of carbonyl (C=O) groups is 7. The lowest BCUT2D eigenvalue weighted by Gasteiger charge is -2.48. The summed E-state index contributed by atoms with van der Waals surface area (Å²) in [6, 6.07) is -1.27. The third-order valence-corrected chi connectivity index (χ3v) is 22.8. The zero-order valence-electron chi connectivity index (χ0n) is 52.7. The number of aliphatic imine (C=N–C) groups is 3. The molecule has 5 rings (SSSR count). The molecule has 0 aliphatic carbocycles. The predicted octanol–water partition coefficient (Wildman–Crippen LogP) is 5.11. The number of methoxy groups -OCH3 is 6. The fourth-order valence-electron chi connectivity index (χ4n) is 13.9. The standard InChI is InChI=1S/C59H93N5O19Si2/c1-35-50-38(20-23-45(67)77-10)55(3,4)42(61-50)32-41-37(19-22-44(66)76-9)57(6,33-43(65)64(27-17-29-84(72,73)82-15)28-18-30-85(74,75)83-16)53(60-41)36(2)51-39(21-24-46(68)78-11)58(7,34-49(71)81-14)59(8,63-51)54-40(31-48(70)80-13)56(5,52(35)62-54)26-25-47(69)79-12/h32,37-40,54,60,72-75H,17-31,33-34H2,1-16H3/b41-32-,50-35-,53-36-/t37-,38-,39-,40+,54-,56-,57+,58+,59+/m1/s1. The maximum absolute atomic E-state index is 15.5. The van der Waals surface area contributed by atoms with Crippen LogP contribution in [0.2, 0.25) is 12.1 Å². The van der Waals surface area contributed by atoms with Crippen molar-refractivity contribution in [2.45, 2.75) is 163 Å². The molecule has 476 valence electrons. The van der Waals surface area contributed by atoms with Gasteiger partial charge in [0.1, 0.15) is 0 Å². The lowest BCUT2D eigenvalue weighted by molar-refractivity contribution is -0.147. The Morgan fingerprint density at radius 2 is 1.09 bits per heavy atom. The highest BCUT2D eigenvalue weighted by Gasteiger charge is 2.67. The molecule has 0 radical (unpaired) electrons. The van der Waals surface area contributed by atoms with E-state index in [0.29, 0.717) is 45.4 Å². The van der Waals surface area contributed by atoms with Gasteiger partial charge in [-0.3, -0.25) is 48.5 Å². The van der Waals surface area contributed by atoms with Gasteiger partial charge in [0.15, 0.2) is 0 Å². The summed E-state index contributed by atoms with van der Waals surface area (Å²) >= 11 is 0. The van der Waals surface area contributed by atoms with E-state index in [-0.39, 0.29) is 109 Å². The van der Waals surface area contributed by atoms with E-state index in [2.05, 4.69) is 5.32 Å². The quantitative estimate of drug-likeness (QED) is 0.0386. The van der Waals surface area contributed by atoms with E-state index in [4.69, 9.17) is 52.3 Å². The van der Waals surface area contributed by atoms with E-state index < -0.39 is 116 Å². The second-order valence-corrected chi connectivity index (χ2v) is 29.4. The van der Waals surface area contributed by atoms with Crippen LogP contribution in [0.25, 0.3) is 0 Å². The molecule has 1 saturated heterocycles. The molecule has 5 N–H and O–H groups in total. The van der Waals surface area contributed by atoms with Gasteiger partial charge < -0.3 is 66.7 Å². The first-order chi connectivity index (χ1) is 39.7. The number of rotatable bonds is 28. The molecule has 8 bridgehead atoms. The summed E-state index contributed by atoms with van der Waals surface area (Å²) in [5.74, 6) is -6.33. The van der Waals surface area contributed by atoms with Crippen LogP contribution < -0.4 is 5.32 Å². The minimum Gasteiger partial charge on any atom is -0.469 e. The van der Waals surface area contributed by atoms with Gasteiger partial charge in [0, 0.05) is 151 Å². The number of carbonyl (C=O) groups excluding carboxylic acids is 7. The zero-order chi connectivity index (χ0) is 63.8. The molecule has 0 spiro atoms. The van der Waals surface area contributed by atoms with Crippen LogP contribution >= 0.6 is 0 Å². The largest absolute Gasteiger partial charge is 0.495 e. The number of esters is 6. The average molecular weight is 1230 g/mol. The van der Waals surface area contributed by atoms with Gasteiger partial charge in [0.05, 0.1) is 67.1 Å². The van der Waals surface area contributed by atoms with Gasteiger partial charge in [-0.1, -0.05) is 34.6 Å². The molecule has 5 aliphatic heterocycles. The van der Waals surface area contributed by atoms with E-state index in [1.54, 1.807) is 0 Å². The molecule has 5 heterocycles. The van der Waals surface area contributed by atoms with E-state index in [1.807, 2.05) is 61.5 Å². The van der Waals surface area contributed by atoms with E-state index in [1.165, 1.54) is 61.8 Å². The maximum Gasteiger partial charge on any atom is 0.495 e. The summed E-state index contributed by atoms with van der Waals surface area (Å²) in [5.41, 5.74) is -1.70. The van der Waals surface area contributed by atoms with Crippen LogP contribution in [0.1, 0.15) is 139 Å². The maximum atomic E-state index is 15.5. The molecule has 85 heavy (non-hydrogen) atoms. The van der Waals surface area contributed by atoms with Crippen LogP contribution in [0.3, 0.4) is 0 Å². The Kier molecular flexibility index (Phi) is 23.3. The van der Waals surface area contributed by atoms with Crippen molar-refractivity contribution < 1.29 is 90.0 Å². The van der Waals surface area contributed by atoms with Gasteiger partial charge in [-0.15, -0.1) is 0 Å². The number of ether oxygens (including phenoxy) is 6. The molecular formula is C59H93N5O19Si2. The smallest absolute Gasteiger partial charge is 0.469 e. The fraction of sp³-hybridized carbons (Fsp3) is 0.729. The Morgan fingerprint density at radius 3 is 1.59 bits per heavy atom. The van der Waals surface area contributed by atoms with Gasteiger partial charge in [0.2, 0.25) is 5.91 Å². The molecule has 0 unspecified atom stereocenters. The van der Waals surface area contributed by atoms with Crippen molar-refractivity contribution in [3.8, 4) is 0 Å². The number of hydrogen-bond donors (Lipinski definition) is 5. The molecule has 24 nitrogen and oxygen atoms in total. The molecule has 9 atom stereocenters. The highest BCUT2D eigenvalue weighted by molar-refractivity contribution is 6.58. The monoisotopic (exact) mass is 1230 g/mol. The molecular weight excluding hydrogens is 1140 g/mol. The van der Waals surface area contributed by atoms with E-state index in [0.717, 1.165) is 0 Å². The molecule has 0 aromatic heterocycles. The molecule has 5 aliphatic rings. The van der Waals surface area contributed by atoms with Gasteiger partial charge in [0.25, 0.3) is 0 Å². The van der Waals surface area contributed by atoms with Gasteiger partial charge in [-0.2, -0.15) is 0 Å². The topological polar surface area (TPSA) is 327 Å². The number of allylic oxidation sites excluding steroid dienone is 6. The van der Waals surface area contributed by atoms with E-state index in [9.17, 15) is 47.9 Å². The summed E-state index contributed by atoms with van der Waals surface area (Å²) in [5, 5.41) is 3.77. The van der Waals surface area contributed by atoms with Crippen molar-refractivity contribution >= 4 is 76.5 Å². The van der Waals surface area contributed by atoms with Gasteiger partial charge >= 0.3 is 53.4 Å². The molecule has 0 saturated carbocycles. The zero-order valence-corrected chi connectivity index (χ0v) is 54.7. The second kappa shape index (κ2) is 28.1. The first-order valence-corrected chi connectivity index (χ1v) is 33.1. The summed E-state index contributed by atoms with van der Waals surface area (Å²) < 4.78 is 41.8. The van der Waals surface area contributed by atoms with Gasteiger partial charge in [-0.25, -0.2) is 0 Å². The first kappa shape index (κ1) is 70.3. The Hall–Kier alpha value is -5.49. The molecule has 1 fully saturated rings. The number of nitrogens with one attached hydrogen (secondary N) is 1. The molecule has 0 aromatic carbocycles. The Bertz CT molecular complexity index is 2730. The number of fused-ring (bicyclic) bond motifs is 6. The normalized spacial score (nSPS) is 30.1. The Morgan fingerprint density at radius 1 is 0.612 bits per heavy atom. The second-order valence-electron chi connectivity index (χ2n) is 24.7. The van der Waals surface area contributed by atoms with Crippen molar-refractivity contribution in [2.75, 3.05) is 70.0 Å². The lowest BCUT2D eigenvalue weighted by atomic mass is 9.55. The molecule has 26 heteroatoms. The molecule has 0 aromatic rings. The summed E-state index contributed by atoms with van der Waals surface area (Å²) in [6.45, 7) is 15.4. The van der Waals surface area contributed by atoms with Crippen molar-refractivity contribution in [3.05, 3.63) is 34.3 Å². The first-order valence-electron chi connectivity index (χ1n) is 29.1. The van der Waals surface area contributed by atoms with Crippen LogP contribution in [0.15, 0.2) is 49.3 Å². The number of nitrogens with zero attached hydrogens (tertiary/aromatic N) is 4. The minimum atomic E-state index is -4.10. The van der Waals surface area contributed by atoms with Crippen LogP contribution in [0.5, 0.6) is 0 Å². The number of hydrogen-bond acceptors (Lipinski definition) is 23. The minimum absolute atomic E-state index is 0.00803.